The van der Waals surface area contributed by atoms with Gasteiger partial charge in [-0.1, -0.05) is 40.0 Å². The first-order valence-electron chi connectivity index (χ1n) is 6.71. The van der Waals surface area contributed by atoms with Crippen LogP contribution in [0, 0.1) is 5.92 Å². The van der Waals surface area contributed by atoms with E-state index in [1.807, 2.05) is 11.3 Å². The summed E-state index contributed by atoms with van der Waals surface area (Å²) in [4.78, 5) is 1.47. The minimum absolute atomic E-state index is 0.535. The molecule has 0 saturated heterocycles. The monoisotopic (exact) mass is 317 g/mol. The Morgan fingerprint density at radius 3 is 2.53 bits per heavy atom. The fourth-order valence-electron chi connectivity index (χ4n) is 2.29. The molecule has 0 aliphatic rings. The Morgan fingerprint density at radius 2 is 2.06 bits per heavy atom. The van der Waals surface area contributed by atoms with Gasteiger partial charge in [0, 0.05) is 10.9 Å². The standard InChI is InChI=1S/C14H24BrNS/c1-4-7-8-11(5-2)14(16-6-3)12-9-10-13(15)17-12/h9-11,14,16H,4-8H2,1-3H3. The van der Waals surface area contributed by atoms with Gasteiger partial charge in [-0.15, -0.1) is 11.3 Å². The van der Waals surface area contributed by atoms with Gasteiger partial charge in [0.15, 0.2) is 0 Å². The van der Waals surface area contributed by atoms with E-state index in [2.05, 4.69) is 54.2 Å². The van der Waals surface area contributed by atoms with E-state index in [-0.39, 0.29) is 0 Å². The van der Waals surface area contributed by atoms with Crippen molar-refractivity contribution < 1.29 is 0 Å². The molecule has 0 aromatic carbocycles. The van der Waals surface area contributed by atoms with Gasteiger partial charge >= 0.3 is 0 Å². The van der Waals surface area contributed by atoms with Crippen molar-refractivity contribution in [3.05, 3.63) is 20.8 Å². The van der Waals surface area contributed by atoms with E-state index >= 15 is 0 Å². The Morgan fingerprint density at radius 1 is 1.29 bits per heavy atom. The summed E-state index contributed by atoms with van der Waals surface area (Å²) in [6, 6.07) is 4.96. The lowest BCUT2D eigenvalue weighted by Gasteiger charge is -2.26. The van der Waals surface area contributed by atoms with Crippen LogP contribution in [0.4, 0.5) is 0 Å². The third-order valence-electron chi connectivity index (χ3n) is 3.25. The van der Waals surface area contributed by atoms with E-state index in [1.54, 1.807) is 0 Å². The van der Waals surface area contributed by atoms with Crippen LogP contribution in [-0.2, 0) is 0 Å². The van der Waals surface area contributed by atoms with Crippen LogP contribution in [0.25, 0.3) is 0 Å². The van der Waals surface area contributed by atoms with Gasteiger partial charge in [-0.05, 0) is 46.9 Å². The number of nitrogens with one attached hydrogen (secondary N) is 1. The molecule has 1 aromatic rings. The second-order valence-corrected chi connectivity index (χ2v) is 6.98. The van der Waals surface area contributed by atoms with Crippen LogP contribution < -0.4 is 5.32 Å². The van der Waals surface area contributed by atoms with Gasteiger partial charge in [0.2, 0.25) is 0 Å². The number of unbranched alkanes of at least 4 members (excludes halogenated alkanes) is 1. The highest BCUT2D eigenvalue weighted by Gasteiger charge is 2.21. The van der Waals surface area contributed by atoms with Gasteiger partial charge < -0.3 is 5.32 Å². The van der Waals surface area contributed by atoms with Crippen molar-refractivity contribution in [1.29, 1.82) is 0 Å². The van der Waals surface area contributed by atoms with Crippen LogP contribution in [0.2, 0.25) is 0 Å². The fraction of sp³-hybridized carbons (Fsp3) is 0.714. The molecule has 2 atom stereocenters. The summed E-state index contributed by atoms with van der Waals surface area (Å²) in [5.41, 5.74) is 0. The number of halogens is 1. The average Bonchev–Trinajstić information content (AvgIpc) is 2.75. The number of hydrogen-bond acceptors (Lipinski definition) is 2. The molecule has 1 heterocycles. The number of rotatable bonds is 8. The molecule has 0 spiro atoms. The zero-order chi connectivity index (χ0) is 12.7. The molecule has 0 fully saturated rings. The second kappa shape index (κ2) is 8.28. The molecule has 1 nitrogen and oxygen atoms in total. The maximum Gasteiger partial charge on any atom is 0.0701 e. The lowest BCUT2D eigenvalue weighted by atomic mass is 9.90. The lowest BCUT2D eigenvalue weighted by Crippen LogP contribution is -2.27. The molecule has 0 amide bonds. The van der Waals surface area contributed by atoms with Crippen molar-refractivity contribution in [2.45, 2.75) is 52.5 Å². The van der Waals surface area contributed by atoms with Crippen LogP contribution in [0.3, 0.4) is 0 Å². The molecule has 0 saturated carbocycles. The first-order chi connectivity index (χ1) is 8.22. The molecule has 0 bridgehead atoms. The molecule has 17 heavy (non-hydrogen) atoms. The molecule has 2 unspecified atom stereocenters. The summed E-state index contributed by atoms with van der Waals surface area (Å²) in [6.07, 6.45) is 5.23. The highest BCUT2D eigenvalue weighted by atomic mass is 79.9. The smallest absolute Gasteiger partial charge is 0.0701 e. The summed E-state index contributed by atoms with van der Waals surface area (Å²) < 4.78 is 1.24. The van der Waals surface area contributed by atoms with Crippen LogP contribution in [0.15, 0.2) is 15.9 Å². The van der Waals surface area contributed by atoms with E-state index in [9.17, 15) is 0 Å². The first kappa shape index (κ1) is 15.2. The Labute approximate surface area is 118 Å². The fourth-order valence-corrected chi connectivity index (χ4v) is 3.88. The summed E-state index contributed by atoms with van der Waals surface area (Å²) in [7, 11) is 0. The lowest BCUT2D eigenvalue weighted by molar-refractivity contribution is 0.332. The highest BCUT2D eigenvalue weighted by molar-refractivity contribution is 9.11. The van der Waals surface area contributed by atoms with Crippen molar-refractivity contribution in [3.8, 4) is 0 Å². The molecular formula is C14H24BrNS. The number of hydrogen-bond donors (Lipinski definition) is 1. The molecule has 1 aromatic heterocycles. The van der Waals surface area contributed by atoms with E-state index in [4.69, 9.17) is 0 Å². The Balaban J connectivity index is 2.74. The predicted molar refractivity (Wildman–Crippen MR) is 81.7 cm³/mol. The third kappa shape index (κ3) is 4.72. The van der Waals surface area contributed by atoms with Crippen LogP contribution in [-0.4, -0.2) is 6.54 Å². The van der Waals surface area contributed by atoms with Gasteiger partial charge in [0.05, 0.1) is 3.79 Å². The quantitative estimate of drug-likeness (QED) is 0.679. The van der Waals surface area contributed by atoms with Crippen molar-refractivity contribution >= 4 is 27.3 Å². The number of thiophene rings is 1. The van der Waals surface area contributed by atoms with E-state index < -0.39 is 0 Å². The largest absolute Gasteiger partial charge is 0.309 e. The summed E-state index contributed by atoms with van der Waals surface area (Å²) in [5.74, 6) is 0.764. The molecule has 1 N–H and O–H groups in total. The molecule has 3 heteroatoms. The zero-order valence-corrected chi connectivity index (χ0v) is 13.5. The second-order valence-electron chi connectivity index (χ2n) is 4.49. The van der Waals surface area contributed by atoms with E-state index in [1.165, 1.54) is 34.3 Å². The van der Waals surface area contributed by atoms with Crippen LogP contribution >= 0.6 is 27.3 Å². The Kier molecular flexibility index (Phi) is 7.40. The minimum Gasteiger partial charge on any atom is -0.309 e. The summed E-state index contributed by atoms with van der Waals surface area (Å²) in [5, 5.41) is 3.66. The Bertz CT molecular complexity index is 311. The van der Waals surface area contributed by atoms with Gasteiger partial charge in [-0.2, -0.15) is 0 Å². The Hall–Kier alpha value is 0.140. The molecule has 0 aliphatic carbocycles. The van der Waals surface area contributed by atoms with Gasteiger partial charge in [0.1, 0.15) is 0 Å². The molecule has 0 aliphatic heterocycles. The van der Waals surface area contributed by atoms with Gasteiger partial charge in [-0.3, -0.25) is 0 Å². The van der Waals surface area contributed by atoms with Gasteiger partial charge in [-0.25, -0.2) is 0 Å². The predicted octanol–water partition coefficient (Wildman–Crippen LogP) is 5.38. The normalized spacial score (nSPS) is 14.8. The SMILES string of the molecule is CCCCC(CC)C(NCC)c1ccc(Br)s1. The summed E-state index contributed by atoms with van der Waals surface area (Å²) >= 11 is 5.43. The topological polar surface area (TPSA) is 12.0 Å². The minimum atomic E-state index is 0.535. The van der Waals surface area contributed by atoms with Crippen molar-refractivity contribution in [2.75, 3.05) is 6.54 Å². The van der Waals surface area contributed by atoms with E-state index in [0.29, 0.717) is 6.04 Å². The maximum absolute atomic E-state index is 3.66. The molecular weight excluding hydrogens is 294 g/mol. The van der Waals surface area contributed by atoms with Crippen molar-refractivity contribution in [3.63, 3.8) is 0 Å². The van der Waals surface area contributed by atoms with Crippen molar-refractivity contribution in [2.24, 2.45) is 5.92 Å². The van der Waals surface area contributed by atoms with Crippen molar-refractivity contribution in [1.82, 2.24) is 5.32 Å². The first-order valence-corrected chi connectivity index (χ1v) is 8.32. The molecule has 0 radical (unpaired) electrons. The molecule has 1 rings (SSSR count). The third-order valence-corrected chi connectivity index (χ3v) is 4.96. The summed E-state index contributed by atoms with van der Waals surface area (Å²) in [6.45, 7) is 7.83. The van der Waals surface area contributed by atoms with Crippen LogP contribution in [0.5, 0.6) is 0 Å². The van der Waals surface area contributed by atoms with E-state index in [0.717, 1.165) is 12.5 Å². The molecule has 98 valence electrons. The van der Waals surface area contributed by atoms with Gasteiger partial charge in [0.25, 0.3) is 0 Å². The van der Waals surface area contributed by atoms with Crippen LogP contribution in [0.1, 0.15) is 57.4 Å². The average molecular weight is 318 g/mol. The zero-order valence-electron chi connectivity index (χ0n) is 11.1. The maximum atomic E-state index is 3.66. The highest BCUT2D eigenvalue weighted by Crippen LogP contribution is 2.34.